The highest BCUT2D eigenvalue weighted by atomic mass is 19.1. The van der Waals surface area contributed by atoms with E-state index in [0.717, 1.165) is 5.56 Å². The van der Waals surface area contributed by atoms with Gasteiger partial charge in [0.2, 0.25) is 0 Å². The maximum absolute atomic E-state index is 13.0. The minimum atomic E-state index is -0.253. The summed E-state index contributed by atoms with van der Waals surface area (Å²) >= 11 is 0. The summed E-state index contributed by atoms with van der Waals surface area (Å²) in [5.41, 5.74) is 1.21. The second kappa shape index (κ2) is 4.21. The summed E-state index contributed by atoms with van der Waals surface area (Å²) in [5, 5.41) is 0. The molecule has 0 saturated heterocycles. The molecule has 15 heavy (non-hydrogen) atoms. The number of benzene rings is 1. The Kier molecular flexibility index (Phi) is 3.38. The fourth-order valence-electron chi connectivity index (χ4n) is 1.51. The van der Waals surface area contributed by atoms with Gasteiger partial charge in [0.25, 0.3) is 0 Å². The normalized spacial score (nSPS) is 13.7. The Bertz CT molecular complexity index is 339. The zero-order valence-corrected chi connectivity index (χ0v) is 10.1. The fraction of sp³-hybridized carbons (Fsp3) is 0.538. The maximum atomic E-state index is 13.0. The fourth-order valence-corrected chi connectivity index (χ4v) is 1.51. The van der Waals surface area contributed by atoms with E-state index in [1.54, 1.807) is 7.11 Å². The molecular weight excluding hydrogens is 191 g/mol. The first-order valence-electron chi connectivity index (χ1n) is 5.19. The Morgan fingerprint density at radius 3 is 2.33 bits per heavy atom. The predicted octanol–water partition coefficient (Wildman–Crippen LogP) is 3.98. The van der Waals surface area contributed by atoms with Crippen LogP contribution in [0.4, 0.5) is 4.39 Å². The molecule has 0 bridgehead atoms. The molecule has 0 spiro atoms. The molecule has 1 aromatic rings. The van der Waals surface area contributed by atoms with Crippen LogP contribution in [0.5, 0.6) is 5.75 Å². The Morgan fingerprint density at radius 2 is 1.87 bits per heavy atom. The van der Waals surface area contributed by atoms with Crippen molar-refractivity contribution in [2.75, 3.05) is 7.11 Å². The van der Waals surface area contributed by atoms with Gasteiger partial charge in [0.1, 0.15) is 11.6 Å². The van der Waals surface area contributed by atoms with Gasteiger partial charge in [0, 0.05) is 6.07 Å². The number of hydrogen-bond acceptors (Lipinski definition) is 1. The van der Waals surface area contributed by atoms with Crippen LogP contribution in [0.15, 0.2) is 18.2 Å². The zero-order valence-electron chi connectivity index (χ0n) is 10.1. The first-order chi connectivity index (χ1) is 6.86. The summed E-state index contributed by atoms with van der Waals surface area (Å²) in [7, 11) is 1.58. The van der Waals surface area contributed by atoms with Crippen molar-refractivity contribution in [2.24, 2.45) is 5.41 Å². The van der Waals surface area contributed by atoms with Gasteiger partial charge in [-0.1, -0.05) is 33.8 Å². The second-order valence-electron chi connectivity index (χ2n) is 4.97. The average Bonchev–Trinajstić information content (AvgIpc) is 2.15. The minimum absolute atomic E-state index is 0.144. The quantitative estimate of drug-likeness (QED) is 0.717. The molecule has 1 unspecified atom stereocenters. The van der Waals surface area contributed by atoms with Crippen molar-refractivity contribution < 1.29 is 9.13 Å². The molecule has 0 aliphatic rings. The standard InChI is InChI=1S/C13H19FO/c1-9(13(2,3)4)11-7-6-10(14)8-12(11)15-5/h6-9H,1-5H3. The lowest BCUT2D eigenvalue weighted by atomic mass is 9.77. The molecule has 0 aliphatic heterocycles. The van der Waals surface area contributed by atoms with Gasteiger partial charge in [-0.3, -0.25) is 0 Å². The van der Waals surface area contributed by atoms with E-state index in [9.17, 15) is 4.39 Å². The number of methoxy groups -OCH3 is 1. The molecule has 0 fully saturated rings. The lowest BCUT2D eigenvalue weighted by Gasteiger charge is -2.28. The van der Waals surface area contributed by atoms with Crippen LogP contribution in [0.1, 0.15) is 39.2 Å². The highest BCUT2D eigenvalue weighted by molar-refractivity contribution is 5.37. The van der Waals surface area contributed by atoms with Crippen LogP contribution >= 0.6 is 0 Å². The molecule has 1 rings (SSSR count). The molecule has 0 N–H and O–H groups in total. The summed E-state index contributed by atoms with van der Waals surface area (Å²) in [5.74, 6) is 0.710. The molecule has 0 heterocycles. The van der Waals surface area contributed by atoms with E-state index in [1.165, 1.54) is 12.1 Å². The van der Waals surface area contributed by atoms with Gasteiger partial charge in [-0.15, -0.1) is 0 Å². The third-order valence-corrected chi connectivity index (χ3v) is 2.96. The monoisotopic (exact) mass is 210 g/mol. The second-order valence-corrected chi connectivity index (χ2v) is 4.97. The summed E-state index contributed by atoms with van der Waals surface area (Å²) < 4.78 is 18.2. The van der Waals surface area contributed by atoms with Crippen molar-refractivity contribution in [3.63, 3.8) is 0 Å². The van der Waals surface area contributed by atoms with Gasteiger partial charge >= 0.3 is 0 Å². The number of ether oxygens (including phenoxy) is 1. The van der Waals surface area contributed by atoms with Crippen molar-refractivity contribution in [3.05, 3.63) is 29.6 Å². The van der Waals surface area contributed by atoms with E-state index in [4.69, 9.17) is 4.74 Å². The molecule has 0 radical (unpaired) electrons. The van der Waals surface area contributed by atoms with Crippen LogP contribution in [0, 0.1) is 11.2 Å². The first kappa shape index (κ1) is 12.0. The van der Waals surface area contributed by atoms with Crippen LogP contribution in [0.25, 0.3) is 0 Å². The van der Waals surface area contributed by atoms with E-state index in [0.29, 0.717) is 11.7 Å². The van der Waals surface area contributed by atoms with E-state index in [1.807, 2.05) is 6.07 Å². The van der Waals surface area contributed by atoms with E-state index < -0.39 is 0 Å². The lowest BCUT2D eigenvalue weighted by Crippen LogP contribution is -2.16. The Hall–Kier alpha value is -1.05. The van der Waals surface area contributed by atoms with Crippen molar-refractivity contribution in [3.8, 4) is 5.75 Å². The summed E-state index contributed by atoms with van der Waals surface area (Å²) in [6.07, 6.45) is 0. The van der Waals surface area contributed by atoms with Gasteiger partial charge in [0.05, 0.1) is 7.11 Å². The predicted molar refractivity (Wildman–Crippen MR) is 60.8 cm³/mol. The van der Waals surface area contributed by atoms with Crippen molar-refractivity contribution >= 4 is 0 Å². The van der Waals surface area contributed by atoms with Crippen molar-refractivity contribution in [2.45, 2.75) is 33.6 Å². The molecule has 84 valence electrons. The molecule has 0 aromatic heterocycles. The molecule has 0 aliphatic carbocycles. The van der Waals surface area contributed by atoms with Gasteiger partial charge in [0.15, 0.2) is 0 Å². The number of halogens is 1. The lowest BCUT2D eigenvalue weighted by molar-refractivity contribution is 0.324. The van der Waals surface area contributed by atoms with Crippen LogP contribution in [0.3, 0.4) is 0 Å². The summed E-state index contributed by atoms with van der Waals surface area (Å²) in [6, 6.07) is 4.74. The van der Waals surface area contributed by atoms with E-state index in [2.05, 4.69) is 27.7 Å². The van der Waals surface area contributed by atoms with Crippen LogP contribution in [-0.4, -0.2) is 7.11 Å². The molecule has 2 heteroatoms. The molecule has 1 nitrogen and oxygen atoms in total. The third-order valence-electron chi connectivity index (χ3n) is 2.96. The SMILES string of the molecule is COc1cc(F)ccc1C(C)C(C)(C)C. The molecule has 0 amide bonds. The van der Waals surface area contributed by atoms with Crippen molar-refractivity contribution in [1.29, 1.82) is 0 Å². The van der Waals surface area contributed by atoms with Gasteiger partial charge in [-0.2, -0.15) is 0 Å². The molecule has 1 atom stereocenters. The largest absolute Gasteiger partial charge is 0.496 e. The van der Waals surface area contributed by atoms with Crippen molar-refractivity contribution in [1.82, 2.24) is 0 Å². The number of hydrogen-bond donors (Lipinski definition) is 0. The average molecular weight is 210 g/mol. The van der Waals surface area contributed by atoms with Gasteiger partial charge in [-0.25, -0.2) is 4.39 Å². The Balaban J connectivity index is 3.14. The van der Waals surface area contributed by atoms with Crippen LogP contribution in [-0.2, 0) is 0 Å². The van der Waals surface area contributed by atoms with Crippen LogP contribution < -0.4 is 4.74 Å². The smallest absolute Gasteiger partial charge is 0.126 e. The molecule has 1 aromatic carbocycles. The molecular formula is C13H19FO. The van der Waals surface area contributed by atoms with E-state index in [-0.39, 0.29) is 11.2 Å². The highest BCUT2D eigenvalue weighted by Gasteiger charge is 2.24. The third kappa shape index (κ3) is 2.71. The van der Waals surface area contributed by atoms with Crippen LogP contribution in [0.2, 0.25) is 0 Å². The highest BCUT2D eigenvalue weighted by Crippen LogP contribution is 2.38. The minimum Gasteiger partial charge on any atom is -0.496 e. The maximum Gasteiger partial charge on any atom is 0.126 e. The first-order valence-corrected chi connectivity index (χ1v) is 5.19. The zero-order chi connectivity index (χ0) is 11.6. The van der Waals surface area contributed by atoms with E-state index >= 15 is 0 Å². The Labute approximate surface area is 91.3 Å². The van der Waals surface area contributed by atoms with Gasteiger partial charge in [-0.05, 0) is 23.0 Å². The van der Waals surface area contributed by atoms with Gasteiger partial charge < -0.3 is 4.74 Å². The topological polar surface area (TPSA) is 9.23 Å². The Morgan fingerprint density at radius 1 is 1.27 bits per heavy atom. The number of rotatable bonds is 2. The summed E-state index contributed by atoms with van der Waals surface area (Å²) in [4.78, 5) is 0. The summed E-state index contributed by atoms with van der Waals surface area (Å²) in [6.45, 7) is 8.64. The molecule has 0 saturated carbocycles.